The van der Waals surface area contributed by atoms with Gasteiger partial charge in [0.05, 0.1) is 29.3 Å². The van der Waals surface area contributed by atoms with E-state index < -0.39 is 17.8 Å². The van der Waals surface area contributed by atoms with Crippen LogP contribution in [-0.4, -0.2) is 31.4 Å². The van der Waals surface area contributed by atoms with Gasteiger partial charge in [-0.05, 0) is 28.1 Å². The molecule has 0 aromatic heterocycles. The van der Waals surface area contributed by atoms with Crippen molar-refractivity contribution in [3.05, 3.63) is 27.2 Å². The van der Waals surface area contributed by atoms with Gasteiger partial charge in [-0.3, -0.25) is 9.59 Å². The standard InChI is InChI=1S/C13H12BrClN2O4/c1-21-13(20)7-3-8(14)9(15)4-10(7)17-5-6(12(16)19)2-11(17)18/h3-4,6H,2,5H2,1H3,(H2,16,19). The van der Waals surface area contributed by atoms with Gasteiger partial charge in [-0.25, -0.2) is 4.79 Å². The van der Waals surface area contributed by atoms with Crippen LogP contribution in [0.25, 0.3) is 0 Å². The predicted molar refractivity (Wildman–Crippen MR) is 80.1 cm³/mol. The van der Waals surface area contributed by atoms with E-state index in [2.05, 4.69) is 15.9 Å². The number of ether oxygens (including phenoxy) is 1. The van der Waals surface area contributed by atoms with Gasteiger partial charge >= 0.3 is 5.97 Å². The monoisotopic (exact) mass is 374 g/mol. The number of benzene rings is 1. The first kappa shape index (κ1) is 15.8. The highest BCUT2D eigenvalue weighted by atomic mass is 79.9. The maximum Gasteiger partial charge on any atom is 0.340 e. The average Bonchev–Trinajstić information content (AvgIpc) is 2.82. The summed E-state index contributed by atoms with van der Waals surface area (Å²) in [5.41, 5.74) is 5.73. The second kappa shape index (κ2) is 6.03. The summed E-state index contributed by atoms with van der Waals surface area (Å²) in [4.78, 5) is 36.5. The number of hydrogen-bond donors (Lipinski definition) is 1. The molecule has 1 saturated heterocycles. The van der Waals surface area contributed by atoms with E-state index in [-0.39, 0.29) is 24.4 Å². The number of carbonyl (C=O) groups is 3. The number of halogens is 2. The molecule has 6 nitrogen and oxygen atoms in total. The molecule has 8 heteroatoms. The molecule has 0 saturated carbocycles. The summed E-state index contributed by atoms with van der Waals surface area (Å²) >= 11 is 9.25. The van der Waals surface area contributed by atoms with Crippen LogP contribution in [0.4, 0.5) is 5.69 Å². The maximum atomic E-state index is 12.1. The fraction of sp³-hybridized carbons (Fsp3) is 0.308. The Labute approximate surface area is 134 Å². The van der Waals surface area contributed by atoms with E-state index in [1.807, 2.05) is 0 Å². The van der Waals surface area contributed by atoms with Gasteiger partial charge in [-0.2, -0.15) is 0 Å². The largest absolute Gasteiger partial charge is 0.465 e. The number of hydrogen-bond acceptors (Lipinski definition) is 4. The quantitative estimate of drug-likeness (QED) is 0.815. The second-order valence-corrected chi connectivity index (χ2v) is 5.84. The van der Waals surface area contributed by atoms with Gasteiger partial charge in [-0.1, -0.05) is 11.6 Å². The van der Waals surface area contributed by atoms with Crippen molar-refractivity contribution >= 4 is 51.0 Å². The lowest BCUT2D eigenvalue weighted by molar-refractivity contribution is -0.123. The highest BCUT2D eigenvalue weighted by Crippen LogP contribution is 2.35. The minimum atomic E-state index is -0.599. The highest BCUT2D eigenvalue weighted by molar-refractivity contribution is 9.10. The average molecular weight is 376 g/mol. The van der Waals surface area contributed by atoms with Crippen LogP contribution in [0.2, 0.25) is 5.02 Å². The molecular formula is C13H12BrClN2O4. The van der Waals surface area contributed by atoms with Gasteiger partial charge in [0.1, 0.15) is 0 Å². The van der Waals surface area contributed by atoms with E-state index in [1.165, 1.54) is 24.1 Å². The van der Waals surface area contributed by atoms with E-state index in [1.54, 1.807) is 0 Å². The molecule has 0 aliphatic carbocycles. The van der Waals surface area contributed by atoms with Crippen molar-refractivity contribution in [2.45, 2.75) is 6.42 Å². The zero-order chi connectivity index (χ0) is 15.7. The Kier molecular flexibility index (Phi) is 4.53. The smallest absolute Gasteiger partial charge is 0.340 e. The third kappa shape index (κ3) is 3.03. The van der Waals surface area contributed by atoms with E-state index in [4.69, 9.17) is 22.1 Å². The van der Waals surface area contributed by atoms with E-state index >= 15 is 0 Å². The Morgan fingerprint density at radius 2 is 2.14 bits per heavy atom. The normalized spacial score (nSPS) is 18.0. The van der Waals surface area contributed by atoms with E-state index in [0.717, 1.165) is 0 Å². The molecular weight excluding hydrogens is 364 g/mol. The Bertz CT molecular complexity index is 635. The van der Waals surface area contributed by atoms with Crippen molar-refractivity contribution in [2.24, 2.45) is 11.7 Å². The van der Waals surface area contributed by atoms with Crippen LogP contribution in [0, 0.1) is 5.92 Å². The Balaban J connectivity index is 2.48. The fourth-order valence-corrected chi connectivity index (χ4v) is 2.67. The second-order valence-electron chi connectivity index (χ2n) is 4.58. The van der Waals surface area contributed by atoms with Crippen molar-refractivity contribution < 1.29 is 19.1 Å². The SMILES string of the molecule is COC(=O)c1cc(Br)c(Cl)cc1N1CC(C(N)=O)CC1=O. The van der Waals surface area contributed by atoms with Gasteiger partial charge in [0.2, 0.25) is 11.8 Å². The third-order valence-electron chi connectivity index (χ3n) is 3.26. The topological polar surface area (TPSA) is 89.7 Å². The number of nitrogens with zero attached hydrogens (tertiary/aromatic N) is 1. The summed E-state index contributed by atoms with van der Waals surface area (Å²) in [5, 5.41) is 0.341. The summed E-state index contributed by atoms with van der Waals surface area (Å²) < 4.78 is 5.21. The first-order valence-electron chi connectivity index (χ1n) is 6.02. The molecule has 1 aromatic rings. The zero-order valence-electron chi connectivity index (χ0n) is 11.1. The fourth-order valence-electron chi connectivity index (χ4n) is 2.16. The van der Waals surface area contributed by atoms with E-state index in [9.17, 15) is 14.4 Å². The van der Waals surface area contributed by atoms with Crippen molar-refractivity contribution in [3.8, 4) is 0 Å². The molecule has 1 atom stereocenters. The number of anilines is 1. The molecule has 2 N–H and O–H groups in total. The van der Waals surface area contributed by atoms with Crippen LogP contribution in [0.5, 0.6) is 0 Å². The van der Waals surface area contributed by atoms with Gasteiger partial charge in [0.15, 0.2) is 0 Å². The minimum absolute atomic E-state index is 0.0175. The molecule has 1 unspecified atom stereocenters. The van der Waals surface area contributed by atoms with Crippen molar-refractivity contribution in [1.29, 1.82) is 0 Å². The Hall–Kier alpha value is -1.60. The summed E-state index contributed by atoms with van der Waals surface area (Å²) in [5.74, 6) is -2.01. The highest BCUT2D eigenvalue weighted by Gasteiger charge is 2.36. The van der Waals surface area contributed by atoms with Crippen LogP contribution in [0.1, 0.15) is 16.8 Å². The molecule has 1 aromatic carbocycles. The van der Waals surface area contributed by atoms with Crippen LogP contribution in [-0.2, 0) is 14.3 Å². The van der Waals surface area contributed by atoms with Crippen molar-refractivity contribution in [2.75, 3.05) is 18.6 Å². The van der Waals surface area contributed by atoms with Crippen molar-refractivity contribution in [1.82, 2.24) is 0 Å². The lowest BCUT2D eigenvalue weighted by Crippen LogP contribution is -2.29. The number of nitrogens with two attached hydrogens (primary N) is 1. The summed E-state index contributed by atoms with van der Waals surface area (Å²) in [6, 6.07) is 2.97. The van der Waals surface area contributed by atoms with Crippen LogP contribution in [0.3, 0.4) is 0 Å². The lowest BCUT2D eigenvalue weighted by Gasteiger charge is -2.20. The molecule has 21 heavy (non-hydrogen) atoms. The number of methoxy groups -OCH3 is 1. The molecule has 0 spiro atoms. The lowest BCUT2D eigenvalue weighted by atomic mass is 10.1. The summed E-state index contributed by atoms with van der Waals surface area (Å²) in [7, 11) is 1.24. The van der Waals surface area contributed by atoms with Gasteiger partial charge in [0, 0.05) is 17.4 Å². The Morgan fingerprint density at radius 1 is 1.48 bits per heavy atom. The Morgan fingerprint density at radius 3 is 2.67 bits per heavy atom. The van der Waals surface area contributed by atoms with Crippen LogP contribution in [0.15, 0.2) is 16.6 Å². The molecule has 1 aliphatic heterocycles. The number of amides is 2. The van der Waals surface area contributed by atoms with Gasteiger partial charge in [-0.15, -0.1) is 0 Å². The maximum absolute atomic E-state index is 12.1. The third-order valence-corrected chi connectivity index (χ3v) is 4.46. The molecule has 1 aliphatic rings. The van der Waals surface area contributed by atoms with Gasteiger partial charge < -0.3 is 15.4 Å². The van der Waals surface area contributed by atoms with Gasteiger partial charge in [0.25, 0.3) is 0 Å². The molecule has 112 valence electrons. The molecule has 1 fully saturated rings. The van der Waals surface area contributed by atoms with Crippen LogP contribution >= 0.6 is 27.5 Å². The van der Waals surface area contributed by atoms with E-state index in [0.29, 0.717) is 15.2 Å². The molecule has 2 amide bonds. The first-order valence-corrected chi connectivity index (χ1v) is 7.19. The summed E-state index contributed by atoms with van der Waals surface area (Å²) in [6.45, 7) is 0.121. The molecule has 2 rings (SSSR count). The molecule has 0 bridgehead atoms. The number of rotatable bonds is 3. The molecule has 0 radical (unpaired) electrons. The minimum Gasteiger partial charge on any atom is -0.465 e. The predicted octanol–water partition coefficient (Wildman–Crippen LogP) is 1.73. The zero-order valence-corrected chi connectivity index (χ0v) is 13.4. The molecule has 1 heterocycles. The number of carbonyl (C=O) groups excluding carboxylic acids is 3. The van der Waals surface area contributed by atoms with Crippen molar-refractivity contribution in [3.63, 3.8) is 0 Å². The number of primary amides is 1. The first-order chi connectivity index (χ1) is 9.85. The summed E-state index contributed by atoms with van der Waals surface area (Å²) in [6.07, 6.45) is 0.0175. The number of esters is 1. The van der Waals surface area contributed by atoms with Crippen LogP contribution < -0.4 is 10.6 Å².